The predicted molar refractivity (Wildman–Crippen MR) is 73.1 cm³/mol. The van der Waals surface area contributed by atoms with Gasteiger partial charge >= 0.3 is 0 Å². The molecular weight excluding hydrogens is 282 g/mol. The van der Waals surface area contributed by atoms with Gasteiger partial charge in [-0.2, -0.15) is 0 Å². The molecule has 3 N–H and O–H groups in total. The second kappa shape index (κ2) is 5.22. The molecule has 0 saturated heterocycles. The third kappa shape index (κ3) is 3.27. The van der Waals surface area contributed by atoms with E-state index in [1.807, 2.05) is 0 Å². The number of phenolic OH excluding ortho intramolecular Hbond substituents is 2. The molecule has 0 saturated carbocycles. The minimum atomic E-state index is -3.60. The Kier molecular flexibility index (Phi) is 3.62. The number of hydrogen-bond donors (Lipinski definition) is 3. The van der Waals surface area contributed by atoms with E-state index in [1.165, 1.54) is 42.5 Å². The smallest absolute Gasteiger partial charge is 0.255 e. The first-order valence-corrected chi connectivity index (χ1v) is 7.07. The highest BCUT2D eigenvalue weighted by Gasteiger charge is 2.15. The molecular formula is C13H11NO5S. The Morgan fingerprint density at radius 2 is 1.95 bits per heavy atom. The summed E-state index contributed by atoms with van der Waals surface area (Å²) in [7, 11) is -3.60. The van der Waals surface area contributed by atoms with Crippen LogP contribution in [0.1, 0.15) is 5.56 Å². The molecule has 1 heterocycles. The van der Waals surface area contributed by atoms with Gasteiger partial charge in [0.05, 0.1) is 11.1 Å². The molecule has 0 fully saturated rings. The van der Waals surface area contributed by atoms with Crippen LogP contribution in [0.2, 0.25) is 0 Å². The predicted octanol–water partition coefficient (Wildman–Crippen LogP) is 1.01. The van der Waals surface area contributed by atoms with Gasteiger partial charge in [-0.3, -0.25) is 9.52 Å². The van der Waals surface area contributed by atoms with Gasteiger partial charge in [-0.05, 0) is 35.9 Å². The number of nitrogens with one attached hydrogen (secondary N) is 1. The van der Waals surface area contributed by atoms with E-state index in [0.29, 0.717) is 5.56 Å². The summed E-state index contributed by atoms with van der Waals surface area (Å²) in [4.78, 5) is 11.8. The number of sulfonamides is 1. The summed E-state index contributed by atoms with van der Waals surface area (Å²) in [6.07, 6.45) is 5.18. The molecule has 0 aliphatic carbocycles. The maximum atomic E-state index is 11.8. The molecule has 0 spiro atoms. The summed E-state index contributed by atoms with van der Waals surface area (Å²) in [5.41, 5.74) is 0.426. The van der Waals surface area contributed by atoms with Crippen molar-refractivity contribution in [3.63, 3.8) is 0 Å². The lowest BCUT2D eigenvalue weighted by molar-refractivity contribution is -0.111. The van der Waals surface area contributed by atoms with Crippen molar-refractivity contribution >= 4 is 21.9 Å². The number of aromatic hydroxyl groups is 2. The van der Waals surface area contributed by atoms with Crippen LogP contribution in [-0.4, -0.2) is 24.4 Å². The largest absolute Gasteiger partial charge is 0.504 e. The summed E-state index contributed by atoms with van der Waals surface area (Å²) >= 11 is 0. The topological polar surface area (TPSA) is 104 Å². The van der Waals surface area contributed by atoms with Crippen molar-refractivity contribution in [2.24, 2.45) is 0 Å². The van der Waals surface area contributed by atoms with Crippen LogP contribution < -0.4 is 4.72 Å². The van der Waals surface area contributed by atoms with Gasteiger partial charge in [0, 0.05) is 0 Å². The third-order valence-electron chi connectivity index (χ3n) is 2.46. The first-order chi connectivity index (χ1) is 9.37. The first kappa shape index (κ1) is 13.9. The Labute approximate surface area is 115 Å². The number of rotatable bonds is 3. The molecule has 2 rings (SSSR count). The molecule has 0 unspecified atom stereocenters. The van der Waals surface area contributed by atoms with Crippen molar-refractivity contribution in [1.29, 1.82) is 0 Å². The van der Waals surface area contributed by atoms with Crippen molar-refractivity contribution in [3.05, 3.63) is 53.1 Å². The molecule has 7 heteroatoms. The molecule has 0 aromatic heterocycles. The lowest BCUT2D eigenvalue weighted by atomic mass is 10.1. The number of ketones is 1. The first-order valence-electron chi connectivity index (χ1n) is 5.53. The van der Waals surface area contributed by atoms with E-state index in [1.54, 1.807) is 0 Å². The Morgan fingerprint density at radius 3 is 2.60 bits per heavy atom. The van der Waals surface area contributed by atoms with E-state index in [2.05, 4.69) is 4.72 Å². The molecule has 1 aliphatic heterocycles. The number of hydrogen-bond acceptors (Lipinski definition) is 5. The van der Waals surface area contributed by atoms with Crippen LogP contribution in [0, 0.1) is 0 Å². The Bertz CT molecular complexity index is 744. The maximum Gasteiger partial charge on any atom is 0.255 e. The summed E-state index contributed by atoms with van der Waals surface area (Å²) in [5.74, 6) is -1.09. The third-order valence-corrected chi connectivity index (χ3v) is 3.48. The van der Waals surface area contributed by atoms with E-state index < -0.39 is 15.8 Å². The fourth-order valence-corrected chi connectivity index (χ4v) is 2.33. The van der Waals surface area contributed by atoms with Gasteiger partial charge in [0.2, 0.25) is 5.78 Å². The Balaban J connectivity index is 2.15. The standard InChI is InChI=1S/C13H11NO5S/c15-11(10-2-1-7-20(18,19)14-10)5-3-9-4-6-12(16)13(17)8-9/h1-8,14,16-17H/b5-3+. The van der Waals surface area contributed by atoms with Gasteiger partial charge in [0.1, 0.15) is 0 Å². The van der Waals surface area contributed by atoms with Crippen molar-refractivity contribution in [2.45, 2.75) is 0 Å². The molecule has 0 bridgehead atoms. The minimum absolute atomic E-state index is 0.0632. The SMILES string of the molecule is O=C(/C=C/c1ccc(O)c(O)c1)C1=CC=CS(=O)(=O)N1. The number of phenols is 2. The van der Waals surface area contributed by atoms with Crippen molar-refractivity contribution < 1.29 is 23.4 Å². The zero-order chi connectivity index (χ0) is 14.8. The zero-order valence-electron chi connectivity index (χ0n) is 10.1. The van der Waals surface area contributed by atoms with Crippen LogP contribution in [0.15, 0.2) is 47.5 Å². The Hall–Kier alpha value is -2.54. The van der Waals surface area contributed by atoms with E-state index in [9.17, 15) is 18.3 Å². The van der Waals surface area contributed by atoms with E-state index in [-0.39, 0.29) is 17.2 Å². The van der Waals surface area contributed by atoms with Crippen LogP contribution >= 0.6 is 0 Å². The van der Waals surface area contributed by atoms with E-state index >= 15 is 0 Å². The van der Waals surface area contributed by atoms with E-state index in [0.717, 1.165) is 5.41 Å². The number of benzene rings is 1. The molecule has 104 valence electrons. The molecule has 1 aromatic rings. The molecule has 0 radical (unpaired) electrons. The van der Waals surface area contributed by atoms with Gasteiger partial charge in [-0.15, -0.1) is 0 Å². The average Bonchev–Trinajstić information content (AvgIpc) is 2.38. The van der Waals surface area contributed by atoms with Crippen molar-refractivity contribution in [1.82, 2.24) is 4.72 Å². The minimum Gasteiger partial charge on any atom is -0.504 e. The lowest BCUT2D eigenvalue weighted by Gasteiger charge is -2.08. The highest BCUT2D eigenvalue weighted by Crippen LogP contribution is 2.25. The highest BCUT2D eigenvalue weighted by atomic mass is 32.2. The summed E-state index contributed by atoms with van der Waals surface area (Å²) in [5, 5.41) is 19.4. The van der Waals surface area contributed by atoms with Crippen molar-refractivity contribution in [3.8, 4) is 11.5 Å². The molecule has 20 heavy (non-hydrogen) atoms. The second-order valence-electron chi connectivity index (χ2n) is 4.00. The number of carbonyl (C=O) groups excluding carboxylic acids is 1. The van der Waals surface area contributed by atoms with Gasteiger partial charge in [-0.1, -0.05) is 12.1 Å². The molecule has 0 amide bonds. The van der Waals surface area contributed by atoms with Gasteiger partial charge in [0.15, 0.2) is 11.5 Å². The molecule has 1 aliphatic rings. The summed E-state index contributed by atoms with van der Waals surface area (Å²) < 4.78 is 24.6. The number of allylic oxidation sites excluding steroid dienone is 3. The summed E-state index contributed by atoms with van der Waals surface area (Å²) in [6, 6.07) is 4.06. The fraction of sp³-hybridized carbons (Fsp3) is 0. The van der Waals surface area contributed by atoms with Crippen LogP contribution in [0.3, 0.4) is 0 Å². The zero-order valence-corrected chi connectivity index (χ0v) is 11.0. The van der Waals surface area contributed by atoms with Crippen LogP contribution in [0.4, 0.5) is 0 Å². The highest BCUT2D eigenvalue weighted by molar-refractivity contribution is 7.92. The van der Waals surface area contributed by atoms with Gasteiger partial charge in [-0.25, -0.2) is 8.42 Å². The summed E-state index contributed by atoms with van der Waals surface area (Å²) in [6.45, 7) is 0. The van der Waals surface area contributed by atoms with Crippen LogP contribution in [0.5, 0.6) is 11.5 Å². The van der Waals surface area contributed by atoms with Crippen LogP contribution in [-0.2, 0) is 14.8 Å². The van der Waals surface area contributed by atoms with Gasteiger partial charge in [0.25, 0.3) is 10.0 Å². The quantitative estimate of drug-likeness (QED) is 0.570. The van der Waals surface area contributed by atoms with Gasteiger partial charge < -0.3 is 10.2 Å². The fourth-order valence-electron chi connectivity index (χ4n) is 1.50. The Morgan fingerprint density at radius 1 is 1.20 bits per heavy atom. The number of carbonyl (C=O) groups is 1. The van der Waals surface area contributed by atoms with Crippen molar-refractivity contribution in [2.75, 3.05) is 0 Å². The van der Waals surface area contributed by atoms with E-state index in [4.69, 9.17) is 5.11 Å². The molecule has 1 aromatic carbocycles. The monoisotopic (exact) mass is 293 g/mol. The molecule has 0 atom stereocenters. The average molecular weight is 293 g/mol. The van der Waals surface area contributed by atoms with Crippen LogP contribution in [0.25, 0.3) is 6.08 Å². The molecule has 6 nitrogen and oxygen atoms in total. The lowest BCUT2D eigenvalue weighted by Crippen LogP contribution is -2.26. The maximum absolute atomic E-state index is 11.8. The normalized spacial score (nSPS) is 16.7. The second-order valence-corrected chi connectivity index (χ2v) is 5.57.